The highest BCUT2D eigenvalue weighted by Crippen LogP contribution is 2.19. The number of nitriles is 1. The molecule has 0 radical (unpaired) electrons. The Morgan fingerprint density at radius 2 is 2.33 bits per heavy atom. The van der Waals surface area contributed by atoms with E-state index in [1.807, 2.05) is 12.2 Å². The smallest absolute Gasteiger partial charge is 0.0625 e. The third kappa shape index (κ3) is 3.73. The Morgan fingerprint density at radius 1 is 1.53 bits per heavy atom. The zero-order valence-electron chi connectivity index (χ0n) is 9.15. The van der Waals surface area contributed by atoms with E-state index in [2.05, 4.69) is 24.1 Å². The van der Waals surface area contributed by atoms with Crippen LogP contribution in [0.4, 0.5) is 0 Å². The van der Waals surface area contributed by atoms with Gasteiger partial charge in [0.2, 0.25) is 0 Å². The van der Waals surface area contributed by atoms with Crippen molar-refractivity contribution in [3.8, 4) is 6.07 Å². The van der Waals surface area contributed by atoms with Gasteiger partial charge in [0, 0.05) is 19.5 Å². The number of hydrogen-bond acceptors (Lipinski definition) is 2. The summed E-state index contributed by atoms with van der Waals surface area (Å²) in [5.74, 6) is 0.560. The highest BCUT2D eigenvalue weighted by molar-refractivity contribution is 5.22. The van der Waals surface area contributed by atoms with Crippen molar-refractivity contribution >= 4 is 0 Å². The molecule has 0 aromatic carbocycles. The van der Waals surface area contributed by atoms with Crippen molar-refractivity contribution in [1.82, 2.24) is 4.90 Å². The van der Waals surface area contributed by atoms with Crippen LogP contribution in [-0.2, 0) is 0 Å². The van der Waals surface area contributed by atoms with Crippen molar-refractivity contribution in [3.63, 3.8) is 0 Å². The minimum Gasteiger partial charge on any atom is -0.299 e. The van der Waals surface area contributed by atoms with E-state index in [0.717, 1.165) is 26.1 Å². The van der Waals surface area contributed by atoms with E-state index in [1.54, 1.807) is 6.08 Å². The lowest BCUT2D eigenvalue weighted by Crippen LogP contribution is -2.22. The van der Waals surface area contributed by atoms with Crippen LogP contribution in [0.2, 0.25) is 0 Å². The van der Waals surface area contributed by atoms with Gasteiger partial charge < -0.3 is 0 Å². The molecule has 1 atom stereocenters. The zero-order valence-corrected chi connectivity index (χ0v) is 9.15. The quantitative estimate of drug-likeness (QED) is 0.640. The first-order chi connectivity index (χ1) is 7.30. The van der Waals surface area contributed by atoms with Gasteiger partial charge in [-0.05, 0) is 24.5 Å². The average molecular weight is 202 g/mol. The normalized spacial score (nSPS) is 22.3. The lowest BCUT2D eigenvalue weighted by Gasteiger charge is -2.15. The molecule has 0 aliphatic carbocycles. The largest absolute Gasteiger partial charge is 0.299 e. The van der Waals surface area contributed by atoms with Gasteiger partial charge in [0.15, 0.2) is 0 Å². The zero-order chi connectivity index (χ0) is 11.1. The molecule has 2 heteroatoms. The van der Waals surface area contributed by atoms with Crippen LogP contribution in [0.3, 0.4) is 0 Å². The Labute approximate surface area is 92.2 Å². The number of allylic oxidation sites excluding steroid dienone is 2. The van der Waals surface area contributed by atoms with E-state index >= 15 is 0 Å². The van der Waals surface area contributed by atoms with Crippen molar-refractivity contribution in [1.29, 1.82) is 5.26 Å². The molecule has 1 aliphatic heterocycles. The average Bonchev–Trinajstić information content (AvgIpc) is 2.66. The van der Waals surface area contributed by atoms with Crippen LogP contribution in [0.5, 0.6) is 0 Å². The molecule has 80 valence electrons. The van der Waals surface area contributed by atoms with Gasteiger partial charge >= 0.3 is 0 Å². The summed E-state index contributed by atoms with van der Waals surface area (Å²) in [7, 11) is 0. The standard InChI is InChI=1S/C13H18N2/c1-3-5-12(4-2)10-15-9-7-13(11-15)6-8-14/h3-5,13H,1-2,6-7,9-11H2/b12-5+. The van der Waals surface area contributed by atoms with E-state index in [-0.39, 0.29) is 0 Å². The SMILES string of the molecule is C=C/C=C(\C=C)CN1CCC(CC#N)C1. The van der Waals surface area contributed by atoms with Gasteiger partial charge in [-0.3, -0.25) is 4.90 Å². The van der Waals surface area contributed by atoms with Gasteiger partial charge in [0.05, 0.1) is 6.07 Å². The molecule has 1 aliphatic rings. The molecule has 15 heavy (non-hydrogen) atoms. The van der Waals surface area contributed by atoms with Gasteiger partial charge in [0.1, 0.15) is 0 Å². The Balaban J connectivity index is 2.41. The molecule has 0 aromatic heterocycles. The maximum Gasteiger partial charge on any atom is 0.0625 e. The van der Waals surface area contributed by atoms with E-state index < -0.39 is 0 Å². The summed E-state index contributed by atoms with van der Waals surface area (Å²) in [5.41, 5.74) is 1.20. The predicted octanol–water partition coefficient (Wildman–Crippen LogP) is 2.52. The van der Waals surface area contributed by atoms with Crippen LogP contribution in [0.15, 0.2) is 37.0 Å². The molecule has 0 bridgehead atoms. The number of nitrogens with zero attached hydrogens (tertiary/aromatic N) is 2. The summed E-state index contributed by atoms with van der Waals surface area (Å²) >= 11 is 0. The first-order valence-electron chi connectivity index (χ1n) is 5.33. The maximum atomic E-state index is 8.62. The monoisotopic (exact) mass is 202 g/mol. The predicted molar refractivity (Wildman–Crippen MR) is 63.3 cm³/mol. The van der Waals surface area contributed by atoms with Gasteiger partial charge in [-0.2, -0.15) is 5.26 Å². The molecule has 0 spiro atoms. The summed E-state index contributed by atoms with van der Waals surface area (Å²) in [4.78, 5) is 2.37. The fraction of sp³-hybridized carbons (Fsp3) is 0.462. The van der Waals surface area contributed by atoms with E-state index in [1.165, 1.54) is 5.57 Å². The lowest BCUT2D eigenvalue weighted by atomic mass is 10.1. The van der Waals surface area contributed by atoms with Crippen molar-refractivity contribution < 1.29 is 0 Å². The van der Waals surface area contributed by atoms with Crippen LogP contribution in [-0.4, -0.2) is 24.5 Å². The van der Waals surface area contributed by atoms with E-state index in [0.29, 0.717) is 12.3 Å². The molecule has 0 saturated carbocycles. The highest BCUT2D eigenvalue weighted by atomic mass is 15.1. The Hall–Kier alpha value is -1.33. The summed E-state index contributed by atoms with van der Waals surface area (Å²) in [6, 6.07) is 2.25. The molecule has 0 N–H and O–H groups in total. The molecule has 1 fully saturated rings. The fourth-order valence-electron chi connectivity index (χ4n) is 1.95. The van der Waals surface area contributed by atoms with Crippen LogP contribution < -0.4 is 0 Å². The molecular weight excluding hydrogens is 184 g/mol. The second-order valence-electron chi connectivity index (χ2n) is 3.93. The van der Waals surface area contributed by atoms with Gasteiger partial charge in [0.25, 0.3) is 0 Å². The summed E-state index contributed by atoms with van der Waals surface area (Å²) in [6.45, 7) is 10.5. The topological polar surface area (TPSA) is 27.0 Å². The molecule has 1 saturated heterocycles. The van der Waals surface area contributed by atoms with Crippen LogP contribution in [0.25, 0.3) is 0 Å². The van der Waals surface area contributed by atoms with Crippen molar-refractivity contribution in [3.05, 3.63) is 37.0 Å². The van der Waals surface area contributed by atoms with Crippen LogP contribution in [0, 0.1) is 17.2 Å². The van der Waals surface area contributed by atoms with Crippen LogP contribution in [0.1, 0.15) is 12.8 Å². The van der Waals surface area contributed by atoms with Crippen LogP contribution >= 0.6 is 0 Å². The van der Waals surface area contributed by atoms with E-state index in [4.69, 9.17) is 5.26 Å². The summed E-state index contributed by atoms with van der Waals surface area (Å²) in [5, 5.41) is 8.62. The second kappa shape index (κ2) is 6.21. The molecule has 0 aromatic rings. The second-order valence-corrected chi connectivity index (χ2v) is 3.93. The number of likely N-dealkylation sites (tertiary alicyclic amines) is 1. The molecular formula is C13H18N2. The first-order valence-corrected chi connectivity index (χ1v) is 5.33. The molecule has 1 rings (SSSR count). The molecule has 0 amide bonds. The van der Waals surface area contributed by atoms with Gasteiger partial charge in [-0.15, -0.1) is 0 Å². The van der Waals surface area contributed by atoms with E-state index in [9.17, 15) is 0 Å². The number of hydrogen-bond donors (Lipinski definition) is 0. The third-order valence-electron chi connectivity index (χ3n) is 2.75. The maximum absolute atomic E-state index is 8.62. The summed E-state index contributed by atoms with van der Waals surface area (Å²) in [6.07, 6.45) is 7.49. The van der Waals surface area contributed by atoms with Gasteiger partial charge in [-0.25, -0.2) is 0 Å². The Morgan fingerprint density at radius 3 is 2.93 bits per heavy atom. The fourth-order valence-corrected chi connectivity index (χ4v) is 1.95. The first kappa shape index (κ1) is 11.7. The lowest BCUT2D eigenvalue weighted by molar-refractivity contribution is 0.354. The van der Waals surface area contributed by atoms with Crippen molar-refractivity contribution in [2.75, 3.05) is 19.6 Å². The third-order valence-corrected chi connectivity index (χ3v) is 2.75. The highest BCUT2D eigenvalue weighted by Gasteiger charge is 2.21. The van der Waals surface area contributed by atoms with Crippen molar-refractivity contribution in [2.45, 2.75) is 12.8 Å². The summed E-state index contributed by atoms with van der Waals surface area (Å²) < 4.78 is 0. The molecule has 2 nitrogen and oxygen atoms in total. The Bertz CT molecular complexity index is 296. The molecule has 1 unspecified atom stereocenters. The minimum absolute atomic E-state index is 0.560. The van der Waals surface area contributed by atoms with Crippen molar-refractivity contribution in [2.24, 2.45) is 5.92 Å². The Kier molecular flexibility index (Phi) is 4.86. The molecule has 1 heterocycles. The number of rotatable bonds is 5. The minimum atomic E-state index is 0.560. The van der Waals surface area contributed by atoms with Gasteiger partial charge in [-0.1, -0.05) is 31.4 Å².